The molecule has 0 heterocycles. The largest absolute Gasteiger partial charge is 0.330 e. The van der Waals surface area contributed by atoms with E-state index in [9.17, 15) is 4.39 Å². The Morgan fingerprint density at radius 2 is 1.95 bits per heavy atom. The van der Waals surface area contributed by atoms with Gasteiger partial charge in [0.05, 0.1) is 0 Å². The Labute approximate surface area is 116 Å². The zero-order valence-corrected chi connectivity index (χ0v) is 12.4. The van der Waals surface area contributed by atoms with Crippen LogP contribution in [0.5, 0.6) is 0 Å². The summed E-state index contributed by atoms with van der Waals surface area (Å²) in [6, 6.07) is 6.98. The number of hydrogen-bond acceptors (Lipinski definition) is 2. The zero-order valence-electron chi connectivity index (χ0n) is 12.4. The summed E-state index contributed by atoms with van der Waals surface area (Å²) in [6.07, 6.45) is 2.25. The third kappa shape index (κ3) is 6.17. The average Bonchev–Trinajstić information content (AvgIpc) is 2.37. The van der Waals surface area contributed by atoms with Crippen molar-refractivity contribution in [2.75, 3.05) is 20.1 Å². The average molecular weight is 266 g/mol. The maximum Gasteiger partial charge on any atom is 0.127 e. The first-order chi connectivity index (χ1) is 9.02. The van der Waals surface area contributed by atoms with Crippen molar-refractivity contribution < 1.29 is 4.39 Å². The monoisotopic (exact) mass is 266 g/mol. The fourth-order valence-corrected chi connectivity index (χ4v) is 2.40. The first kappa shape index (κ1) is 16.1. The summed E-state index contributed by atoms with van der Waals surface area (Å²) in [6.45, 7) is 6.82. The fourth-order valence-electron chi connectivity index (χ4n) is 2.40. The summed E-state index contributed by atoms with van der Waals surface area (Å²) in [4.78, 5) is 2.17. The van der Waals surface area contributed by atoms with E-state index in [0.717, 1.165) is 25.1 Å². The van der Waals surface area contributed by atoms with Gasteiger partial charge in [-0.15, -0.1) is 0 Å². The van der Waals surface area contributed by atoms with Crippen molar-refractivity contribution in [1.29, 1.82) is 0 Å². The molecule has 1 atom stereocenters. The van der Waals surface area contributed by atoms with Crippen molar-refractivity contribution in [2.45, 2.75) is 33.2 Å². The summed E-state index contributed by atoms with van der Waals surface area (Å²) in [5.41, 5.74) is 6.57. The van der Waals surface area contributed by atoms with Gasteiger partial charge >= 0.3 is 0 Å². The Bertz CT molecular complexity index is 366. The van der Waals surface area contributed by atoms with E-state index in [1.165, 1.54) is 12.5 Å². The van der Waals surface area contributed by atoms with Gasteiger partial charge in [-0.1, -0.05) is 32.0 Å². The van der Waals surface area contributed by atoms with Crippen LogP contribution in [0.15, 0.2) is 24.3 Å². The van der Waals surface area contributed by atoms with Crippen LogP contribution in [0.1, 0.15) is 32.3 Å². The van der Waals surface area contributed by atoms with Crippen LogP contribution in [0, 0.1) is 17.7 Å². The third-order valence-electron chi connectivity index (χ3n) is 3.46. The highest BCUT2D eigenvalue weighted by Gasteiger charge is 2.11. The molecule has 0 saturated carbocycles. The molecule has 108 valence electrons. The predicted octanol–water partition coefficient (Wildman–Crippen LogP) is 3.27. The van der Waals surface area contributed by atoms with Crippen molar-refractivity contribution in [3.63, 3.8) is 0 Å². The summed E-state index contributed by atoms with van der Waals surface area (Å²) in [5, 5.41) is 0. The maximum atomic E-state index is 13.5. The van der Waals surface area contributed by atoms with Crippen LogP contribution < -0.4 is 5.73 Å². The molecule has 3 heteroatoms. The number of halogens is 1. The Kier molecular flexibility index (Phi) is 7.03. The van der Waals surface area contributed by atoms with Crippen LogP contribution in [-0.4, -0.2) is 25.0 Å². The molecule has 0 bridgehead atoms. The van der Waals surface area contributed by atoms with E-state index in [2.05, 4.69) is 18.7 Å². The van der Waals surface area contributed by atoms with Gasteiger partial charge in [-0.2, -0.15) is 0 Å². The number of benzene rings is 1. The lowest BCUT2D eigenvalue weighted by Crippen LogP contribution is -2.25. The van der Waals surface area contributed by atoms with E-state index in [1.54, 1.807) is 6.07 Å². The highest BCUT2D eigenvalue weighted by atomic mass is 19.1. The smallest absolute Gasteiger partial charge is 0.127 e. The predicted molar refractivity (Wildman–Crippen MR) is 79.4 cm³/mol. The highest BCUT2D eigenvalue weighted by molar-refractivity contribution is 5.16. The lowest BCUT2D eigenvalue weighted by Gasteiger charge is -2.22. The number of nitrogens with two attached hydrogens (primary N) is 1. The van der Waals surface area contributed by atoms with E-state index in [-0.39, 0.29) is 5.82 Å². The molecule has 1 aromatic carbocycles. The van der Waals surface area contributed by atoms with Gasteiger partial charge < -0.3 is 10.6 Å². The van der Waals surface area contributed by atoms with Gasteiger partial charge in [0, 0.05) is 12.1 Å². The molecule has 19 heavy (non-hydrogen) atoms. The van der Waals surface area contributed by atoms with Gasteiger partial charge in [-0.25, -0.2) is 4.39 Å². The molecule has 2 nitrogen and oxygen atoms in total. The van der Waals surface area contributed by atoms with Gasteiger partial charge in [-0.3, -0.25) is 0 Å². The van der Waals surface area contributed by atoms with E-state index in [4.69, 9.17) is 5.73 Å². The van der Waals surface area contributed by atoms with Gasteiger partial charge in [-0.05, 0) is 50.9 Å². The Balaban J connectivity index is 2.39. The Hall–Kier alpha value is -0.930. The molecule has 0 aliphatic heterocycles. The minimum Gasteiger partial charge on any atom is -0.330 e. The molecule has 0 radical (unpaired) electrons. The van der Waals surface area contributed by atoms with Crippen molar-refractivity contribution in [3.05, 3.63) is 35.6 Å². The second kappa shape index (κ2) is 8.28. The molecule has 1 unspecified atom stereocenters. The molecule has 2 N–H and O–H groups in total. The van der Waals surface area contributed by atoms with E-state index in [0.29, 0.717) is 18.4 Å². The van der Waals surface area contributed by atoms with Crippen LogP contribution >= 0.6 is 0 Å². The van der Waals surface area contributed by atoms with E-state index < -0.39 is 0 Å². The standard InChI is InChI=1S/C16H27FN2/c1-13(2)10-14(11-18)8-9-19(3)12-15-6-4-5-7-16(15)17/h4-7,13-14H,8-12,18H2,1-3H3. The lowest BCUT2D eigenvalue weighted by molar-refractivity contribution is 0.276. The number of hydrogen-bond donors (Lipinski definition) is 1. The van der Waals surface area contributed by atoms with Crippen molar-refractivity contribution >= 4 is 0 Å². The quantitative estimate of drug-likeness (QED) is 0.782. The van der Waals surface area contributed by atoms with E-state index in [1.807, 2.05) is 19.2 Å². The second-order valence-electron chi connectivity index (χ2n) is 5.85. The topological polar surface area (TPSA) is 29.3 Å². The summed E-state index contributed by atoms with van der Waals surface area (Å²) >= 11 is 0. The Morgan fingerprint density at radius 3 is 2.53 bits per heavy atom. The maximum absolute atomic E-state index is 13.5. The van der Waals surface area contributed by atoms with Crippen LogP contribution in [0.3, 0.4) is 0 Å². The number of nitrogens with zero attached hydrogens (tertiary/aromatic N) is 1. The van der Waals surface area contributed by atoms with Crippen LogP contribution in [0.4, 0.5) is 4.39 Å². The fraction of sp³-hybridized carbons (Fsp3) is 0.625. The molecule has 0 aliphatic carbocycles. The van der Waals surface area contributed by atoms with E-state index >= 15 is 0 Å². The van der Waals surface area contributed by atoms with Crippen molar-refractivity contribution in [1.82, 2.24) is 4.90 Å². The molecule has 0 amide bonds. The molecular formula is C16H27FN2. The van der Waals surface area contributed by atoms with Gasteiger partial charge in [0.15, 0.2) is 0 Å². The SMILES string of the molecule is CC(C)CC(CN)CCN(C)Cc1ccccc1F. The van der Waals surface area contributed by atoms with Crippen molar-refractivity contribution in [2.24, 2.45) is 17.6 Å². The lowest BCUT2D eigenvalue weighted by atomic mass is 9.94. The zero-order chi connectivity index (χ0) is 14.3. The van der Waals surface area contributed by atoms with Crippen LogP contribution in [0.2, 0.25) is 0 Å². The number of rotatable bonds is 8. The Morgan fingerprint density at radius 1 is 1.26 bits per heavy atom. The first-order valence-electron chi connectivity index (χ1n) is 7.15. The minimum absolute atomic E-state index is 0.119. The molecule has 0 aromatic heterocycles. The van der Waals surface area contributed by atoms with Gasteiger partial charge in [0.1, 0.15) is 5.82 Å². The second-order valence-corrected chi connectivity index (χ2v) is 5.85. The summed E-state index contributed by atoms with van der Waals surface area (Å²) < 4.78 is 13.5. The molecule has 1 aromatic rings. The molecular weight excluding hydrogens is 239 g/mol. The molecule has 0 fully saturated rings. The van der Waals surface area contributed by atoms with Gasteiger partial charge in [0.25, 0.3) is 0 Å². The first-order valence-corrected chi connectivity index (χ1v) is 7.15. The summed E-state index contributed by atoms with van der Waals surface area (Å²) in [7, 11) is 2.04. The third-order valence-corrected chi connectivity index (χ3v) is 3.46. The highest BCUT2D eigenvalue weighted by Crippen LogP contribution is 2.15. The minimum atomic E-state index is -0.119. The molecule has 0 aliphatic rings. The molecule has 0 saturated heterocycles. The molecule has 0 spiro atoms. The summed E-state index contributed by atoms with van der Waals surface area (Å²) in [5.74, 6) is 1.14. The van der Waals surface area contributed by atoms with Crippen LogP contribution in [-0.2, 0) is 6.54 Å². The molecule has 1 rings (SSSR count). The van der Waals surface area contributed by atoms with Crippen molar-refractivity contribution in [3.8, 4) is 0 Å². The normalized spacial score (nSPS) is 13.2. The van der Waals surface area contributed by atoms with Crippen LogP contribution in [0.25, 0.3) is 0 Å². The van der Waals surface area contributed by atoms with Gasteiger partial charge in [0.2, 0.25) is 0 Å².